The van der Waals surface area contributed by atoms with Crippen molar-refractivity contribution >= 4 is 29.1 Å². The summed E-state index contributed by atoms with van der Waals surface area (Å²) in [6.07, 6.45) is -4.04. The highest BCUT2D eigenvalue weighted by atomic mass is 32.2. The van der Waals surface area contributed by atoms with Crippen LogP contribution in [0.1, 0.15) is 10.7 Å². The molecule has 0 amide bonds. The number of hydrogen-bond acceptors (Lipinski definition) is 4. The molecule has 4 nitrogen and oxygen atoms in total. The Hall–Kier alpha value is -1.81. The van der Waals surface area contributed by atoms with Gasteiger partial charge in [0.2, 0.25) is 0 Å². The molecule has 26 heavy (non-hydrogen) atoms. The predicted molar refractivity (Wildman–Crippen MR) is 97.3 cm³/mol. The van der Waals surface area contributed by atoms with Gasteiger partial charge in [-0.25, -0.2) is 9.37 Å². The molecule has 2 N–H and O–H groups in total. The zero-order chi connectivity index (χ0) is 19.0. The first-order valence-corrected chi connectivity index (χ1v) is 9.60. The van der Waals surface area contributed by atoms with E-state index in [2.05, 4.69) is 20.6 Å². The lowest BCUT2D eigenvalue weighted by atomic mass is 10.3. The SMILES string of the molecule is CN=C(NCCSc1ccccc1F)NCCc1nc(C(F)(F)F)cs1. The van der Waals surface area contributed by atoms with Crippen LogP contribution in [0.2, 0.25) is 0 Å². The smallest absolute Gasteiger partial charge is 0.356 e. The van der Waals surface area contributed by atoms with Gasteiger partial charge in [0, 0.05) is 42.6 Å². The summed E-state index contributed by atoms with van der Waals surface area (Å²) in [6.45, 7) is 0.971. The van der Waals surface area contributed by atoms with E-state index in [-0.39, 0.29) is 5.82 Å². The van der Waals surface area contributed by atoms with Crippen LogP contribution in [0.5, 0.6) is 0 Å². The minimum atomic E-state index is -4.41. The number of nitrogens with zero attached hydrogens (tertiary/aromatic N) is 2. The molecule has 0 radical (unpaired) electrons. The third-order valence-corrected chi connectivity index (χ3v) is 5.14. The molecule has 0 saturated heterocycles. The molecule has 0 saturated carbocycles. The number of alkyl halides is 3. The lowest BCUT2D eigenvalue weighted by molar-refractivity contribution is -0.140. The Balaban J connectivity index is 1.68. The Morgan fingerprint density at radius 1 is 1.23 bits per heavy atom. The van der Waals surface area contributed by atoms with Crippen molar-refractivity contribution in [1.29, 1.82) is 0 Å². The maximum Gasteiger partial charge on any atom is 0.434 e. The average molecular weight is 406 g/mol. The van der Waals surface area contributed by atoms with Crippen LogP contribution in [0.15, 0.2) is 39.5 Å². The number of rotatable bonds is 7. The molecule has 0 bridgehead atoms. The van der Waals surface area contributed by atoms with Gasteiger partial charge in [-0.2, -0.15) is 13.2 Å². The predicted octanol–water partition coefficient (Wildman–Crippen LogP) is 3.80. The quantitative estimate of drug-likeness (QED) is 0.241. The molecule has 2 aromatic rings. The molecule has 142 valence electrons. The van der Waals surface area contributed by atoms with Crippen molar-refractivity contribution in [2.75, 3.05) is 25.9 Å². The van der Waals surface area contributed by atoms with E-state index in [1.54, 1.807) is 25.2 Å². The number of aromatic nitrogens is 1. The van der Waals surface area contributed by atoms with Crippen LogP contribution in [0.25, 0.3) is 0 Å². The number of guanidine groups is 1. The number of thioether (sulfide) groups is 1. The summed E-state index contributed by atoms with van der Waals surface area (Å²) >= 11 is 2.38. The van der Waals surface area contributed by atoms with Crippen LogP contribution in [0.3, 0.4) is 0 Å². The third kappa shape index (κ3) is 6.49. The number of thiazole rings is 1. The van der Waals surface area contributed by atoms with Crippen molar-refractivity contribution in [3.8, 4) is 0 Å². The van der Waals surface area contributed by atoms with Crippen molar-refractivity contribution in [3.05, 3.63) is 46.2 Å². The molecule has 0 aliphatic carbocycles. The molecule has 1 heterocycles. The van der Waals surface area contributed by atoms with Gasteiger partial charge in [0.25, 0.3) is 0 Å². The minimum absolute atomic E-state index is 0.248. The van der Waals surface area contributed by atoms with Crippen LogP contribution in [-0.2, 0) is 12.6 Å². The zero-order valence-electron chi connectivity index (χ0n) is 13.9. The van der Waals surface area contributed by atoms with Crippen molar-refractivity contribution in [2.45, 2.75) is 17.5 Å². The van der Waals surface area contributed by atoms with E-state index >= 15 is 0 Å². The maximum atomic E-state index is 13.5. The van der Waals surface area contributed by atoms with Gasteiger partial charge in [0.1, 0.15) is 5.82 Å². The van der Waals surface area contributed by atoms with Gasteiger partial charge in [0.05, 0.1) is 5.01 Å². The summed E-state index contributed by atoms with van der Waals surface area (Å²) in [6, 6.07) is 6.56. The first-order chi connectivity index (χ1) is 12.4. The van der Waals surface area contributed by atoms with Gasteiger partial charge in [-0.3, -0.25) is 4.99 Å². The summed E-state index contributed by atoms with van der Waals surface area (Å²) in [5.74, 6) is 0.927. The van der Waals surface area contributed by atoms with Crippen LogP contribution in [-0.4, -0.2) is 36.8 Å². The van der Waals surface area contributed by atoms with E-state index in [1.165, 1.54) is 17.8 Å². The van der Waals surface area contributed by atoms with E-state index in [1.807, 2.05) is 0 Å². The second-order valence-corrected chi connectivity index (χ2v) is 7.16. The molecule has 0 unspecified atom stereocenters. The van der Waals surface area contributed by atoms with Crippen molar-refractivity contribution < 1.29 is 17.6 Å². The number of hydrogen-bond donors (Lipinski definition) is 2. The first kappa shape index (κ1) is 20.5. The number of nitrogens with one attached hydrogen (secondary N) is 2. The summed E-state index contributed by atoms with van der Waals surface area (Å²) in [4.78, 5) is 8.20. The average Bonchev–Trinajstić information content (AvgIpc) is 3.07. The second kappa shape index (κ2) is 9.77. The monoisotopic (exact) mass is 406 g/mol. The molecule has 0 aliphatic rings. The highest BCUT2D eigenvalue weighted by Gasteiger charge is 2.33. The van der Waals surface area contributed by atoms with Crippen LogP contribution in [0.4, 0.5) is 17.6 Å². The van der Waals surface area contributed by atoms with E-state index < -0.39 is 11.9 Å². The van der Waals surface area contributed by atoms with E-state index in [4.69, 9.17) is 0 Å². The van der Waals surface area contributed by atoms with E-state index in [0.29, 0.717) is 41.1 Å². The highest BCUT2D eigenvalue weighted by Crippen LogP contribution is 2.30. The highest BCUT2D eigenvalue weighted by molar-refractivity contribution is 7.99. The molecular formula is C16H18F4N4S2. The molecule has 0 fully saturated rings. The Morgan fingerprint density at radius 3 is 2.62 bits per heavy atom. The first-order valence-electron chi connectivity index (χ1n) is 7.73. The lowest BCUT2D eigenvalue weighted by Gasteiger charge is -2.11. The Labute approximate surface area is 157 Å². The molecule has 0 aliphatic heterocycles. The van der Waals surface area contributed by atoms with Gasteiger partial charge >= 0.3 is 6.18 Å². The zero-order valence-corrected chi connectivity index (χ0v) is 15.6. The molecule has 1 aromatic heterocycles. The molecule has 0 spiro atoms. The Bertz CT molecular complexity index is 731. The summed E-state index contributed by atoms with van der Waals surface area (Å²) in [7, 11) is 1.60. The molecule has 2 rings (SSSR count). The largest absolute Gasteiger partial charge is 0.434 e. The van der Waals surface area contributed by atoms with Crippen molar-refractivity contribution in [1.82, 2.24) is 15.6 Å². The number of benzene rings is 1. The molecule has 0 atom stereocenters. The van der Waals surface area contributed by atoms with E-state index in [0.717, 1.165) is 16.7 Å². The van der Waals surface area contributed by atoms with Crippen LogP contribution >= 0.6 is 23.1 Å². The van der Waals surface area contributed by atoms with Gasteiger partial charge < -0.3 is 10.6 Å². The van der Waals surface area contributed by atoms with Crippen LogP contribution < -0.4 is 10.6 Å². The number of aliphatic imine (C=N–C) groups is 1. The van der Waals surface area contributed by atoms with Crippen molar-refractivity contribution in [2.24, 2.45) is 4.99 Å². The Kier molecular flexibility index (Phi) is 7.70. The fraction of sp³-hybridized carbons (Fsp3) is 0.375. The second-order valence-electron chi connectivity index (χ2n) is 5.08. The normalized spacial score (nSPS) is 12.3. The summed E-state index contributed by atoms with van der Waals surface area (Å²) in [5, 5.41) is 7.52. The molecular weight excluding hydrogens is 388 g/mol. The fourth-order valence-corrected chi connectivity index (χ4v) is 3.57. The van der Waals surface area contributed by atoms with Crippen LogP contribution in [0, 0.1) is 5.82 Å². The van der Waals surface area contributed by atoms with Crippen molar-refractivity contribution in [3.63, 3.8) is 0 Å². The molecule has 1 aromatic carbocycles. The maximum absolute atomic E-state index is 13.5. The summed E-state index contributed by atoms with van der Waals surface area (Å²) < 4.78 is 51.0. The van der Waals surface area contributed by atoms with Gasteiger partial charge in [-0.1, -0.05) is 12.1 Å². The number of halogens is 4. The minimum Gasteiger partial charge on any atom is -0.356 e. The van der Waals surface area contributed by atoms with E-state index in [9.17, 15) is 17.6 Å². The fourth-order valence-electron chi connectivity index (χ4n) is 1.96. The standard InChI is InChI=1S/C16H18F4N4S2/c1-21-15(23-8-9-25-12-5-3-2-4-11(12)17)22-7-6-14-24-13(10-26-14)16(18,19)20/h2-5,10H,6-9H2,1H3,(H2,21,22,23). The topological polar surface area (TPSA) is 49.3 Å². The Morgan fingerprint density at radius 2 is 1.96 bits per heavy atom. The molecule has 10 heteroatoms. The third-order valence-electron chi connectivity index (χ3n) is 3.19. The van der Waals surface area contributed by atoms with Gasteiger partial charge in [-0.15, -0.1) is 23.1 Å². The summed E-state index contributed by atoms with van der Waals surface area (Å²) in [5.41, 5.74) is -0.856. The van der Waals surface area contributed by atoms with Gasteiger partial charge in [0.15, 0.2) is 11.7 Å². The lowest BCUT2D eigenvalue weighted by Crippen LogP contribution is -2.39. The van der Waals surface area contributed by atoms with Gasteiger partial charge in [-0.05, 0) is 12.1 Å².